The van der Waals surface area contributed by atoms with Gasteiger partial charge in [0, 0.05) is 0 Å². The third-order valence-corrected chi connectivity index (χ3v) is 16.5. The van der Waals surface area contributed by atoms with Crippen LogP contribution in [0.25, 0.3) is 0 Å². The van der Waals surface area contributed by atoms with Gasteiger partial charge < -0.3 is 90.0 Å². The van der Waals surface area contributed by atoms with Crippen LogP contribution in [0.3, 0.4) is 0 Å². The molecule has 1 saturated carbocycles. The van der Waals surface area contributed by atoms with Gasteiger partial charge in [-0.2, -0.15) is 0 Å². The van der Waals surface area contributed by atoms with Crippen LogP contribution in [0.1, 0.15) is 239 Å². The first-order valence-electron chi connectivity index (χ1n) is 30.3. The molecule has 0 aromatic rings. The van der Waals surface area contributed by atoms with Crippen molar-refractivity contribution in [3.05, 3.63) is 0 Å². The van der Waals surface area contributed by atoms with E-state index in [-0.39, 0.29) is 12.8 Å². The lowest BCUT2D eigenvalue weighted by Crippen LogP contribution is -2.67. The molecule has 1 aliphatic carbocycles. The average molecular weight is 1130 g/mol. The number of aliphatic hydroxyl groups is 12. The SMILES string of the molecule is CCCCCCCCCCCCCCCCCCCCCCCC(O)C(O)C(=O)N[C@@H](COP(=O)([O-])O[C@@H]1[C@H](O)[C@H](O)[C@@H](O)[C@H](O)[C@H]1OC1O[C@H](CO)[C@@H](O)[C@H](O)[C@@H]1O)[C@H](O)C(O)CCCCCCCCCCCCCC. The fourth-order valence-electron chi connectivity index (χ4n) is 10.4. The summed E-state index contributed by atoms with van der Waals surface area (Å²) in [5.74, 6) is -1.19. The normalized spacial score (nSPS) is 27.7. The van der Waals surface area contributed by atoms with Gasteiger partial charge in [0.05, 0.1) is 31.5 Å². The van der Waals surface area contributed by atoms with Crippen molar-refractivity contribution in [2.45, 2.75) is 336 Å². The molecule has 458 valence electrons. The topological polar surface area (TPSA) is 349 Å². The van der Waals surface area contributed by atoms with Crippen LogP contribution in [-0.4, -0.2) is 178 Å². The Labute approximate surface area is 461 Å². The van der Waals surface area contributed by atoms with E-state index in [0.29, 0.717) is 12.8 Å². The molecule has 2 aliphatic rings. The van der Waals surface area contributed by atoms with Gasteiger partial charge >= 0.3 is 0 Å². The Kier molecular flexibility index (Phi) is 40.1. The standard InChI is InChI=1S/C56H110NO19P/c1-3-5-7-9-11-13-15-17-18-19-20-21-22-23-24-25-27-29-31-33-35-37-42(60)45(62)55(70)57-40(44(61)41(59)36-34-32-30-28-26-16-14-12-10-8-6-4-2)39-73-77(71,72)76-54-51(68)49(66)48(65)50(67)53(54)75-56-52(69)47(64)46(63)43(38-58)74-56/h40-54,56,58-69H,3-39H2,1-2H3,(H,57,70)(H,71,72)/p-1/t40-,41?,42?,43+,44-,45?,46+,47-,48+,49+,50-,51+,52-,53+,54+,56?/m0/s1. The van der Waals surface area contributed by atoms with E-state index in [1.54, 1.807) is 0 Å². The number of unbranched alkanes of at least 4 members (excludes halogenated alkanes) is 31. The summed E-state index contributed by atoms with van der Waals surface area (Å²) in [4.78, 5) is 26.9. The first-order valence-corrected chi connectivity index (χ1v) is 31.7. The van der Waals surface area contributed by atoms with Gasteiger partial charge in [-0.1, -0.05) is 226 Å². The summed E-state index contributed by atoms with van der Waals surface area (Å²) in [6.45, 7) is 2.41. The predicted molar refractivity (Wildman–Crippen MR) is 290 cm³/mol. The van der Waals surface area contributed by atoms with E-state index in [1.165, 1.54) is 135 Å². The van der Waals surface area contributed by atoms with E-state index in [0.717, 1.165) is 64.2 Å². The Morgan fingerprint density at radius 1 is 0.506 bits per heavy atom. The van der Waals surface area contributed by atoms with Crippen molar-refractivity contribution >= 4 is 13.7 Å². The molecule has 0 aromatic carbocycles. The van der Waals surface area contributed by atoms with Crippen LogP contribution in [0.15, 0.2) is 0 Å². The van der Waals surface area contributed by atoms with Gasteiger partial charge in [0.1, 0.15) is 67.1 Å². The maximum Gasteiger partial charge on any atom is 0.268 e. The highest BCUT2D eigenvalue weighted by molar-refractivity contribution is 7.45. The highest BCUT2D eigenvalue weighted by Gasteiger charge is 2.54. The lowest BCUT2D eigenvalue weighted by atomic mass is 9.84. The molecular formula is C56H109NO19P-. The van der Waals surface area contributed by atoms with Gasteiger partial charge in [-0.05, 0) is 12.8 Å². The fraction of sp³-hybridized carbons (Fsp3) is 0.982. The van der Waals surface area contributed by atoms with E-state index < -0.39 is 125 Å². The van der Waals surface area contributed by atoms with Crippen molar-refractivity contribution in [3.63, 3.8) is 0 Å². The molecule has 0 bridgehead atoms. The molecule has 17 atom stereocenters. The second kappa shape index (κ2) is 42.8. The van der Waals surface area contributed by atoms with Crippen LogP contribution < -0.4 is 10.2 Å². The van der Waals surface area contributed by atoms with Crippen LogP contribution in [0.5, 0.6) is 0 Å². The number of phosphoric acid groups is 1. The first-order chi connectivity index (χ1) is 36.9. The van der Waals surface area contributed by atoms with Crippen molar-refractivity contribution < 1.29 is 94.1 Å². The molecule has 21 heteroatoms. The second-order valence-electron chi connectivity index (χ2n) is 22.3. The predicted octanol–water partition coefficient (Wildman–Crippen LogP) is 5.12. The van der Waals surface area contributed by atoms with Crippen LogP contribution in [0.2, 0.25) is 0 Å². The number of aliphatic hydroxyl groups excluding tert-OH is 12. The molecular weight excluding hydrogens is 1020 g/mol. The number of ether oxygens (including phenoxy) is 2. The zero-order valence-electron chi connectivity index (χ0n) is 47.1. The molecule has 1 aliphatic heterocycles. The summed E-state index contributed by atoms with van der Waals surface area (Å²) in [6, 6.07) is -1.75. The minimum Gasteiger partial charge on any atom is -0.756 e. The van der Waals surface area contributed by atoms with E-state index in [4.69, 9.17) is 18.5 Å². The van der Waals surface area contributed by atoms with E-state index >= 15 is 0 Å². The molecule has 5 unspecified atom stereocenters. The van der Waals surface area contributed by atoms with Gasteiger partial charge in [0.15, 0.2) is 12.4 Å². The van der Waals surface area contributed by atoms with E-state index in [2.05, 4.69) is 19.2 Å². The average Bonchev–Trinajstić information content (AvgIpc) is 3.41. The van der Waals surface area contributed by atoms with Crippen LogP contribution >= 0.6 is 7.82 Å². The number of nitrogens with one attached hydrogen (secondary N) is 1. The van der Waals surface area contributed by atoms with Gasteiger partial charge in [-0.3, -0.25) is 9.36 Å². The maximum atomic E-state index is 13.5. The number of hydrogen-bond acceptors (Lipinski definition) is 19. The largest absolute Gasteiger partial charge is 0.756 e. The Balaban J connectivity index is 1.93. The van der Waals surface area contributed by atoms with Crippen LogP contribution in [-0.2, 0) is 27.9 Å². The minimum absolute atomic E-state index is 0.0461. The molecule has 77 heavy (non-hydrogen) atoms. The first kappa shape index (κ1) is 72.1. The van der Waals surface area contributed by atoms with Crippen molar-refractivity contribution in [1.82, 2.24) is 5.32 Å². The van der Waals surface area contributed by atoms with E-state index in [1.807, 2.05) is 0 Å². The smallest absolute Gasteiger partial charge is 0.268 e. The molecule has 0 spiro atoms. The molecule has 0 aromatic heterocycles. The summed E-state index contributed by atoms with van der Waals surface area (Å²) in [6.07, 6.45) is 8.32. The number of carbonyl (C=O) groups excluding carboxylic acids is 1. The molecule has 13 N–H and O–H groups in total. The Hall–Kier alpha value is -0.980. The molecule has 2 rings (SSSR count). The van der Waals surface area contributed by atoms with Crippen LogP contribution in [0.4, 0.5) is 0 Å². The Morgan fingerprint density at radius 3 is 1.25 bits per heavy atom. The van der Waals surface area contributed by atoms with Crippen molar-refractivity contribution in [1.29, 1.82) is 0 Å². The highest BCUT2D eigenvalue weighted by atomic mass is 31.2. The number of carbonyl (C=O) groups is 1. The summed E-state index contributed by atoms with van der Waals surface area (Å²) in [5, 5.41) is 130. The number of amides is 1. The van der Waals surface area contributed by atoms with Gasteiger partial charge in [0.25, 0.3) is 13.7 Å². The maximum absolute atomic E-state index is 13.5. The van der Waals surface area contributed by atoms with Crippen molar-refractivity contribution in [2.75, 3.05) is 13.2 Å². The lowest BCUT2D eigenvalue weighted by Gasteiger charge is -2.47. The highest BCUT2D eigenvalue weighted by Crippen LogP contribution is 2.44. The van der Waals surface area contributed by atoms with Crippen molar-refractivity contribution in [2.24, 2.45) is 0 Å². The third kappa shape index (κ3) is 29.2. The van der Waals surface area contributed by atoms with Crippen molar-refractivity contribution in [3.8, 4) is 0 Å². The molecule has 20 nitrogen and oxygen atoms in total. The number of phosphoric ester groups is 1. The molecule has 2 fully saturated rings. The molecule has 0 radical (unpaired) electrons. The Morgan fingerprint density at radius 2 is 0.857 bits per heavy atom. The lowest BCUT2D eigenvalue weighted by molar-refractivity contribution is -0.341. The number of hydrogen-bond donors (Lipinski definition) is 13. The van der Waals surface area contributed by atoms with Gasteiger partial charge in [-0.25, -0.2) is 0 Å². The Bertz CT molecular complexity index is 1490. The third-order valence-electron chi connectivity index (χ3n) is 15.6. The number of rotatable bonds is 48. The summed E-state index contributed by atoms with van der Waals surface area (Å²) >= 11 is 0. The summed E-state index contributed by atoms with van der Waals surface area (Å²) in [7, 11) is -5.80. The molecule has 1 amide bonds. The van der Waals surface area contributed by atoms with Crippen LogP contribution in [0, 0.1) is 0 Å². The fourth-order valence-corrected chi connectivity index (χ4v) is 11.3. The van der Waals surface area contributed by atoms with E-state index in [9.17, 15) is 75.5 Å². The summed E-state index contributed by atoms with van der Waals surface area (Å²) in [5.41, 5.74) is 0. The second-order valence-corrected chi connectivity index (χ2v) is 23.7. The molecule has 1 saturated heterocycles. The zero-order valence-corrected chi connectivity index (χ0v) is 48.0. The summed E-state index contributed by atoms with van der Waals surface area (Å²) < 4.78 is 34.3. The molecule has 1 heterocycles. The minimum atomic E-state index is -5.80. The monoisotopic (exact) mass is 1130 g/mol. The zero-order chi connectivity index (χ0) is 57.0. The van der Waals surface area contributed by atoms with Gasteiger partial charge in [-0.15, -0.1) is 0 Å². The van der Waals surface area contributed by atoms with Gasteiger partial charge in [0.2, 0.25) is 0 Å². The quantitative estimate of drug-likeness (QED) is 0.0278.